The second-order valence-corrected chi connectivity index (χ2v) is 5.23. The minimum Gasteiger partial charge on any atom is -0.496 e. The van der Waals surface area contributed by atoms with Crippen molar-refractivity contribution in [1.29, 1.82) is 0 Å². The number of hydrogen-bond acceptors (Lipinski definition) is 4. The summed E-state index contributed by atoms with van der Waals surface area (Å²) in [6, 6.07) is 5.72. The van der Waals surface area contributed by atoms with E-state index in [0.717, 1.165) is 30.0 Å². The number of benzene rings is 1. The summed E-state index contributed by atoms with van der Waals surface area (Å²) in [7, 11) is 1.64. The molecule has 5 heteroatoms. The van der Waals surface area contributed by atoms with Gasteiger partial charge in [0.05, 0.1) is 19.2 Å². The van der Waals surface area contributed by atoms with Crippen LogP contribution in [-0.2, 0) is 4.79 Å². The normalized spacial score (nSPS) is 24.4. The van der Waals surface area contributed by atoms with Crippen molar-refractivity contribution in [1.82, 2.24) is 4.90 Å². The van der Waals surface area contributed by atoms with Crippen LogP contribution in [0.1, 0.15) is 12.0 Å². The van der Waals surface area contributed by atoms with Gasteiger partial charge in [0.2, 0.25) is 0 Å². The number of fused-ring (bicyclic) bond motifs is 1. The van der Waals surface area contributed by atoms with Crippen molar-refractivity contribution in [2.75, 3.05) is 26.7 Å². The van der Waals surface area contributed by atoms with Crippen LogP contribution in [0.4, 0.5) is 0 Å². The Morgan fingerprint density at radius 3 is 3.15 bits per heavy atom. The average molecular weight is 275 g/mol. The Labute approximate surface area is 117 Å². The molecule has 5 nitrogen and oxygen atoms in total. The first kappa shape index (κ1) is 13.0. The molecule has 2 heterocycles. The Morgan fingerprint density at radius 2 is 2.40 bits per heavy atom. The molecule has 0 saturated carbocycles. The molecule has 0 amide bonds. The van der Waals surface area contributed by atoms with Gasteiger partial charge in [-0.15, -0.1) is 0 Å². The SMILES string of the molecule is COc1cccc2c1C=CC1(CCN(CC(=O)O)C1)O2. The van der Waals surface area contributed by atoms with Gasteiger partial charge < -0.3 is 14.6 Å². The molecule has 3 rings (SSSR count). The second-order valence-electron chi connectivity index (χ2n) is 5.23. The van der Waals surface area contributed by atoms with Crippen LogP contribution in [0.3, 0.4) is 0 Å². The fourth-order valence-corrected chi connectivity index (χ4v) is 2.87. The molecule has 106 valence electrons. The highest BCUT2D eigenvalue weighted by atomic mass is 16.5. The molecule has 1 fully saturated rings. The topological polar surface area (TPSA) is 59.0 Å². The fraction of sp³-hybridized carbons (Fsp3) is 0.400. The number of ether oxygens (including phenoxy) is 2. The predicted octanol–water partition coefficient (Wildman–Crippen LogP) is 1.63. The van der Waals surface area contributed by atoms with Crippen LogP contribution < -0.4 is 9.47 Å². The molecule has 0 aliphatic carbocycles. The van der Waals surface area contributed by atoms with Crippen LogP contribution in [0.15, 0.2) is 24.3 Å². The molecule has 1 aromatic rings. The van der Waals surface area contributed by atoms with E-state index in [1.54, 1.807) is 7.11 Å². The summed E-state index contributed by atoms with van der Waals surface area (Å²) in [5, 5.41) is 8.87. The van der Waals surface area contributed by atoms with Crippen LogP contribution >= 0.6 is 0 Å². The zero-order valence-corrected chi connectivity index (χ0v) is 11.3. The van der Waals surface area contributed by atoms with Gasteiger partial charge in [-0.05, 0) is 24.3 Å². The molecule has 0 aromatic heterocycles. The van der Waals surface area contributed by atoms with E-state index in [1.165, 1.54) is 0 Å². The number of hydrogen-bond donors (Lipinski definition) is 1. The molecule has 1 spiro atoms. The number of likely N-dealkylation sites (tertiary alicyclic amines) is 1. The lowest BCUT2D eigenvalue weighted by Gasteiger charge is -2.31. The highest BCUT2D eigenvalue weighted by Crippen LogP contribution is 2.40. The molecule has 1 aromatic carbocycles. The highest BCUT2D eigenvalue weighted by Gasteiger charge is 2.40. The third kappa shape index (κ3) is 2.25. The number of carboxylic acids is 1. The maximum absolute atomic E-state index is 10.8. The predicted molar refractivity (Wildman–Crippen MR) is 74.1 cm³/mol. The standard InChI is InChI=1S/C15H17NO4/c1-19-12-3-2-4-13-11(12)5-6-15(20-13)7-8-16(10-15)9-14(17)18/h2-6H,7-10H2,1H3,(H,17,18). The number of rotatable bonds is 3. The molecule has 20 heavy (non-hydrogen) atoms. The highest BCUT2D eigenvalue weighted by molar-refractivity contribution is 5.69. The van der Waals surface area contributed by atoms with Crippen molar-refractivity contribution in [2.24, 2.45) is 0 Å². The number of carbonyl (C=O) groups is 1. The van der Waals surface area contributed by atoms with Crippen LogP contribution in [0.5, 0.6) is 11.5 Å². The zero-order valence-electron chi connectivity index (χ0n) is 11.3. The van der Waals surface area contributed by atoms with E-state index >= 15 is 0 Å². The van der Waals surface area contributed by atoms with Crippen LogP contribution in [0, 0.1) is 0 Å². The molecule has 2 aliphatic rings. The van der Waals surface area contributed by atoms with E-state index < -0.39 is 11.6 Å². The first-order chi connectivity index (χ1) is 9.62. The summed E-state index contributed by atoms with van der Waals surface area (Å²) in [4.78, 5) is 12.7. The van der Waals surface area contributed by atoms with Gasteiger partial charge in [0.15, 0.2) is 0 Å². The lowest BCUT2D eigenvalue weighted by atomic mass is 9.97. The Bertz CT molecular complexity index is 569. The Balaban J connectivity index is 1.82. The second kappa shape index (κ2) is 4.83. The molecule has 0 radical (unpaired) electrons. The lowest BCUT2D eigenvalue weighted by molar-refractivity contribution is -0.138. The van der Waals surface area contributed by atoms with Gasteiger partial charge in [0.1, 0.15) is 17.1 Å². The van der Waals surface area contributed by atoms with Crippen LogP contribution in [-0.4, -0.2) is 48.3 Å². The third-order valence-corrected chi connectivity index (χ3v) is 3.81. The maximum Gasteiger partial charge on any atom is 0.317 e. The van der Waals surface area contributed by atoms with Crippen LogP contribution in [0.25, 0.3) is 6.08 Å². The summed E-state index contributed by atoms with van der Waals surface area (Å²) >= 11 is 0. The van der Waals surface area contributed by atoms with Crippen molar-refractivity contribution >= 4 is 12.0 Å². The van der Waals surface area contributed by atoms with E-state index in [2.05, 4.69) is 0 Å². The number of carboxylic acid groups (broad SMARTS) is 1. The molecular weight excluding hydrogens is 258 g/mol. The van der Waals surface area contributed by atoms with Crippen LogP contribution in [0.2, 0.25) is 0 Å². The van der Waals surface area contributed by atoms with E-state index in [1.807, 2.05) is 35.3 Å². The monoisotopic (exact) mass is 275 g/mol. The number of methoxy groups -OCH3 is 1. The van der Waals surface area contributed by atoms with Gasteiger partial charge in [-0.3, -0.25) is 9.69 Å². The molecule has 0 bridgehead atoms. The maximum atomic E-state index is 10.8. The summed E-state index contributed by atoms with van der Waals surface area (Å²) in [6.07, 6.45) is 4.84. The number of aliphatic carboxylic acids is 1. The van der Waals surface area contributed by atoms with Gasteiger partial charge in [0, 0.05) is 19.5 Å². The Hall–Kier alpha value is -2.01. The van der Waals surface area contributed by atoms with Crippen molar-refractivity contribution in [2.45, 2.75) is 12.0 Å². The Morgan fingerprint density at radius 1 is 1.55 bits per heavy atom. The Kier molecular flexibility index (Phi) is 3.14. The lowest BCUT2D eigenvalue weighted by Crippen LogP contribution is -2.40. The molecule has 2 aliphatic heterocycles. The fourth-order valence-electron chi connectivity index (χ4n) is 2.87. The minimum absolute atomic E-state index is 0.0594. The van der Waals surface area contributed by atoms with Gasteiger partial charge in [-0.1, -0.05) is 6.07 Å². The molecule has 1 N–H and O–H groups in total. The van der Waals surface area contributed by atoms with E-state index in [0.29, 0.717) is 6.54 Å². The molecule has 1 unspecified atom stereocenters. The third-order valence-electron chi connectivity index (χ3n) is 3.81. The van der Waals surface area contributed by atoms with Gasteiger partial charge >= 0.3 is 5.97 Å². The number of nitrogens with zero attached hydrogens (tertiary/aromatic N) is 1. The van der Waals surface area contributed by atoms with Gasteiger partial charge in [0.25, 0.3) is 0 Å². The average Bonchev–Trinajstić information content (AvgIpc) is 2.79. The first-order valence-electron chi connectivity index (χ1n) is 6.61. The summed E-state index contributed by atoms with van der Waals surface area (Å²) in [5.74, 6) is 0.780. The van der Waals surface area contributed by atoms with Crippen molar-refractivity contribution in [3.05, 3.63) is 29.8 Å². The van der Waals surface area contributed by atoms with Gasteiger partial charge in [-0.25, -0.2) is 0 Å². The summed E-state index contributed by atoms with van der Waals surface area (Å²) < 4.78 is 11.5. The van der Waals surface area contributed by atoms with E-state index in [4.69, 9.17) is 14.6 Å². The van der Waals surface area contributed by atoms with E-state index in [9.17, 15) is 4.79 Å². The first-order valence-corrected chi connectivity index (χ1v) is 6.61. The molecular formula is C15H17NO4. The quantitative estimate of drug-likeness (QED) is 0.908. The van der Waals surface area contributed by atoms with Crippen molar-refractivity contribution < 1.29 is 19.4 Å². The molecule has 1 atom stereocenters. The molecule has 1 saturated heterocycles. The van der Waals surface area contributed by atoms with Crippen molar-refractivity contribution in [3.63, 3.8) is 0 Å². The summed E-state index contributed by atoms with van der Waals surface area (Å²) in [6.45, 7) is 1.40. The summed E-state index contributed by atoms with van der Waals surface area (Å²) in [5.41, 5.74) is 0.534. The van der Waals surface area contributed by atoms with E-state index in [-0.39, 0.29) is 6.54 Å². The largest absolute Gasteiger partial charge is 0.496 e. The minimum atomic E-state index is -0.802. The zero-order chi connectivity index (χ0) is 14.2. The van der Waals surface area contributed by atoms with Gasteiger partial charge in [-0.2, -0.15) is 0 Å². The van der Waals surface area contributed by atoms with Crippen molar-refractivity contribution in [3.8, 4) is 11.5 Å². The smallest absolute Gasteiger partial charge is 0.317 e.